The highest BCUT2D eigenvalue weighted by atomic mass is 19.2. The molecule has 23 heavy (non-hydrogen) atoms. The summed E-state index contributed by atoms with van der Waals surface area (Å²) in [6, 6.07) is 3.50. The topological polar surface area (TPSA) is 37.3 Å². The van der Waals surface area contributed by atoms with Crippen molar-refractivity contribution in [3.8, 4) is 0 Å². The van der Waals surface area contributed by atoms with E-state index >= 15 is 0 Å². The molecule has 1 saturated carbocycles. The van der Waals surface area contributed by atoms with Gasteiger partial charge in [0.1, 0.15) is 0 Å². The monoisotopic (exact) mass is 322 g/mol. The van der Waals surface area contributed by atoms with Gasteiger partial charge in [0.15, 0.2) is 11.6 Å². The van der Waals surface area contributed by atoms with Gasteiger partial charge >= 0.3 is 5.97 Å². The zero-order valence-electron chi connectivity index (χ0n) is 13.9. The lowest BCUT2D eigenvalue weighted by molar-refractivity contribution is -0.133. The summed E-state index contributed by atoms with van der Waals surface area (Å²) in [5.41, 5.74) is 0.697. The Hall–Kier alpha value is -1.71. The van der Waals surface area contributed by atoms with E-state index in [1.165, 1.54) is 12.1 Å². The minimum atomic E-state index is -0.973. The van der Waals surface area contributed by atoms with E-state index in [1.807, 2.05) is 0 Å². The highest BCUT2D eigenvalue weighted by Gasteiger charge is 2.35. The fraction of sp³-hybridized carbons (Fsp3) is 0.526. The van der Waals surface area contributed by atoms with Crippen molar-refractivity contribution in [2.45, 2.75) is 40.0 Å². The first-order valence-corrected chi connectivity index (χ1v) is 8.19. The minimum Gasteiger partial charge on any atom is -0.478 e. The Labute approximate surface area is 136 Å². The SMILES string of the molecule is CC(C)[C@@H]1CC[C@@H](C)C[C@H]1/C(=C/c1ccc(F)c(F)c1)C(=O)O. The van der Waals surface area contributed by atoms with Gasteiger partial charge in [0.2, 0.25) is 0 Å². The average molecular weight is 322 g/mol. The van der Waals surface area contributed by atoms with Gasteiger partial charge in [-0.25, -0.2) is 13.6 Å². The molecule has 3 atom stereocenters. The van der Waals surface area contributed by atoms with Gasteiger partial charge in [-0.05, 0) is 60.3 Å². The lowest BCUT2D eigenvalue weighted by Gasteiger charge is -2.37. The minimum absolute atomic E-state index is 0.0515. The molecule has 1 fully saturated rings. The molecule has 4 heteroatoms. The molecule has 2 nitrogen and oxygen atoms in total. The molecule has 126 valence electrons. The standard InChI is InChI=1S/C19H24F2O2/c1-11(2)14-6-4-12(3)8-15(14)16(19(22)23)9-13-5-7-17(20)18(21)10-13/h5,7,9-12,14-15H,4,6,8H2,1-3H3,(H,22,23)/b16-9-/t12-,14+,15-/m1/s1. The molecule has 0 heterocycles. The third-order valence-electron chi connectivity index (χ3n) is 4.93. The molecule has 1 N–H and O–H groups in total. The van der Waals surface area contributed by atoms with Crippen LogP contribution in [0.3, 0.4) is 0 Å². The van der Waals surface area contributed by atoms with Crippen molar-refractivity contribution >= 4 is 12.0 Å². The first kappa shape index (κ1) is 17.6. The van der Waals surface area contributed by atoms with E-state index in [-0.39, 0.29) is 5.92 Å². The molecule has 1 aromatic carbocycles. The zero-order chi connectivity index (χ0) is 17.1. The summed E-state index contributed by atoms with van der Waals surface area (Å²) < 4.78 is 26.4. The van der Waals surface area contributed by atoms with Gasteiger partial charge in [0.25, 0.3) is 0 Å². The normalized spacial score (nSPS) is 25.7. The Bertz CT molecular complexity index is 607. The Kier molecular flexibility index (Phi) is 5.55. The molecule has 0 bridgehead atoms. The molecule has 0 aliphatic heterocycles. The summed E-state index contributed by atoms with van der Waals surface area (Å²) in [5, 5.41) is 9.66. The molecule has 0 saturated heterocycles. The number of hydrogen-bond acceptors (Lipinski definition) is 1. The summed E-state index contributed by atoms with van der Waals surface area (Å²) in [5.74, 6) is -1.74. The van der Waals surface area contributed by atoms with Gasteiger partial charge in [-0.2, -0.15) is 0 Å². The van der Waals surface area contributed by atoms with Crippen LogP contribution in [0.15, 0.2) is 23.8 Å². The molecule has 0 radical (unpaired) electrons. The van der Waals surface area contributed by atoms with Gasteiger partial charge in [-0.1, -0.05) is 33.3 Å². The lowest BCUT2D eigenvalue weighted by Crippen LogP contribution is -2.31. The molecule has 0 spiro atoms. The molecule has 2 rings (SSSR count). The van der Waals surface area contributed by atoms with Gasteiger partial charge < -0.3 is 5.11 Å². The van der Waals surface area contributed by atoms with Crippen LogP contribution in [0.1, 0.15) is 45.6 Å². The Balaban J connectivity index is 2.40. The van der Waals surface area contributed by atoms with Crippen LogP contribution in [0, 0.1) is 35.3 Å². The summed E-state index contributed by atoms with van der Waals surface area (Å²) >= 11 is 0. The Morgan fingerprint density at radius 3 is 2.52 bits per heavy atom. The van der Waals surface area contributed by atoms with E-state index in [9.17, 15) is 18.7 Å². The van der Waals surface area contributed by atoms with Crippen molar-refractivity contribution in [1.29, 1.82) is 0 Å². The van der Waals surface area contributed by atoms with E-state index < -0.39 is 17.6 Å². The molecule has 1 aliphatic rings. The van der Waals surface area contributed by atoms with Gasteiger partial charge in [0.05, 0.1) is 0 Å². The van der Waals surface area contributed by atoms with Gasteiger partial charge in [-0.3, -0.25) is 0 Å². The summed E-state index contributed by atoms with van der Waals surface area (Å²) in [6.07, 6.45) is 4.44. The first-order valence-electron chi connectivity index (χ1n) is 8.19. The fourth-order valence-electron chi connectivity index (χ4n) is 3.67. The number of rotatable bonds is 4. The second-order valence-corrected chi connectivity index (χ2v) is 7.01. The highest BCUT2D eigenvalue weighted by Crippen LogP contribution is 2.42. The maximum Gasteiger partial charge on any atom is 0.331 e. The summed E-state index contributed by atoms with van der Waals surface area (Å²) in [7, 11) is 0. The number of carbonyl (C=O) groups is 1. The first-order chi connectivity index (χ1) is 10.8. The second-order valence-electron chi connectivity index (χ2n) is 7.01. The van der Waals surface area contributed by atoms with Crippen LogP contribution >= 0.6 is 0 Å². The molecule has 0 amide bonds. The largest absolute Gasteiger partial charge is 0.478 e. The molecule has 1 aliphatic carbocycles. The Morgan fingerprint density at radius 1 is 1.26 bits per heavy atom. The summed E-state index contributed by atoms with van der Waals surface area (Å²) in [4.78, 5) is 11.8. The third-order valence-corrected chi connectivity index (χ3v) is 4.93. The van der Waals surface area contributed by atoms with Gasteiger partial charge in [-0.15, -0.1) is 0 Å². The maximum absolute atomic E-state index is 13.4. The number of carboxylic acids is 1. The van der Waals surface area contributed by atoms with Crippen molar-refractivity contribution < 1.29 is 18.7 Å². The second kappa shape index (κ2) is 7.24. The average Bonchev–Trinajstić information content (AvgIpc) is 2.47. The van der Waals surface area contributed by atoms with E-state index in [4.69, 9.17) is 0 Å². The molecule has 0 aromatic heterocycles. The predicted octanol–water partition coefficient (Wildman–Crippen LogP) is 5.14. The molecular formula is C19H24F2O2. The van der Waals surface area contributed by atoms with Crippen molar-refractivity contribution in [1.82, 2.24) is 0 Å². The number of benzene rings is 1. The van der Waals surface area contributed by atoms with Crippen LogP contribution in [0.4, 0.5) is 8.78 Å². The molecule has 1 aromatic rings. The fourth-order valence-corrected chi connectivity index (χ4v) is 3.67. The van der Waals surface area contributed by atoms with Crippen LogP contribution in [0.25, 0.3) is 6.08 Å². The van der Waals surface area contributed by atoms with Crippen LogP contribution in [-0.2, 0) is 4.79 Å². The van der Waals surface area contributed by atoms with E-state index in [2.05, 4.69) is 20.8 Å². The third kappa shape index (κ3) is 4.18. The van der Waals surface area contributed by atoms with Crippen LogP contribution in [0.2, 0.25) is 0 Å². The van der Waals surface area contributed by atoms with Crippen molar-refractivity contribution in [2.24, 2.45) is 23.7 Å². The van der Waals surface area contributed by atoms with E-state index in [0.29, 0.717) is 28.9 Å². The Morgan fingerprint density at radius 2 is 1.96 bits per heavy atom. The van der Waals surface area contributed by atoms with Crippen molar-refractivity contribution in [3.63, 3.8) is 0 Å². The quantitative estimate of drug-likeness (QED) is 0.779. The number of halogens is 2. The van der Waals surface area contributed by atoms with Crippen LogP contribution < -0.4 is 0 Å². The molecule has 0 unspecified atom stereocenters. The zero-order valence-corrected chi connectivity index (χ0v) is 13.9. The predicted molar refractivity (Wildman–Crippen MR) is 86.8 cm³/mol. The number of carboxylic acid groups (broad SMARTS) is 1. The summed E-state index contributed by atoms with van der Waals surface area (Å²) in [6.45, 7) is 6.37. The van der Waals surface area contributed by atoms with E-state index in [0.717, 1.165) is 31.4 Å². The van der Waals surface area contributed by atoms with Crippen molar-refractivity contribution in [3.05, 3.63) is 41.0 Å². The maximum atomic E-state index is 13.4. The van der Waals surface area contributed by atoms with E-state index in [1.54, 1.807) is 0 Å². The van der Waals surface area contributed by atoms with Crippen LogP contribution in [-0.4, -0.2) is 11.1 Å². The molecular weight excluding hydrogens is 298 g/mol. The highest BCUT2D eigenvalue weighted by molar-refractivity contribution is 5.92. The lowest BCUT2D eigenvalue weighted by atomic mass is 9.67. The number of aliphatic carboxylic acids is 1. The van der Waals surface area contributed by atoms with Crippen LogP contribution in [0.5, 0.6) is 0 Å². The van der Waals surface area contributed by atoms with Crippen molar-refractivity contribution in [2.75, 3.05) is 0 Å². The number of hydrogen-bond donors (Lipinski definition) is 1. The smallest absolute Gasteiger partial charge is 0.331 e. The van der Waals surface area contributed by atoms with Gasteiger partial charge in [0, 0.05) is 5.57 Å².